The summed E-state index contributed by atoms with van der Waals surface area (Å²) in [7, 11) is 2.17. The van der Waals surface area contributed by atoms with E-state index < -0.39 is 0 Å². The van der Waals surface area contributed by atoms with Crippen LogP contribution < -0.4 is 10.6 Å². The maximum Gasteiger partial charge on any atom is 0.315 e. The van der Waals surface area contributed by atoms with Crippen molar-refractivity contribution in [3.05, 3.63) is 46.5 Å². The van der Waals surface area contributed by atoms with Crippen LogP contribution in [0.25, 0.3) is 0 Å². The summed E-state index contributed by atoms with van der Waals surface area (Å²) in [5.74, 6) is 1.20. The Kier molecular flexibility index (Phi) is 5.35. The van der Waals surface area contributed by atoms with Crippen molar-refractivity contribution in [2.75, 3.05) is 20.1 Å². The molecule has 0 aromatic carbocycles. The molecule has 23 heavy (non-hydrogen) atoms. The third-order valence-electron chi connectivity index (χ3n) is 4.37. The summed E-state index contributed by atoms with van der Waals surface area (Å²) in [6, 6.07) is 8.22. The SMILES string of the molecule is CN1CCCC(CNC(=O)NCc2ccco2)C1c1cccs1. The number of amides is 2. The standard InChI is InChI=1S/C17H23N3O2S/c1-20-8-2-5-13(16(20)15-7-4-10-23-15)11-18-17(21)19-12-14-6-3-9-22-14/h3-4,6-7,9-10,13,16H,2,5,8,11-12H2,1H3,(H2,18,19,21). The largest absolute Gasteiger partial charge is 0.467 e. The number of likely N-dealkylation sites (tertiary alicyclic amines) is 1. The summed E-state index contributed by atoms with van der Waals surface area (Å²) >= 11 is 1.80. The zero-order valence-corrected chi connectivity index (χ0v) is 14.1. The molecule has 2 N–H and O–H groups in total. The van der Waals surface area contributed by atoms with Crippen LogP contribution in [0.15, 0.2) is 40.3 Å². The van der Waals surface area contributed by atoms with Crippen molar-refractivity contribution in [3.8, 4) is 0 Å². The smallest absolute Gasteiger partial charge is 0.315 e. The molecule has 6 heteroatoms. The van der Waals surface area contributed by atoms with E-state index in [-0.39, 0.29) is 6.03 Å². The Morgan fingerprint density at radius 1 is 1.39 bits per heavy atom. The van der Waals surface area contributed by atoms with E-state index in [1.807, 2.05) is 12.1 Å². The molecular formula is C17H23N3O2S. The molecular weight excluding hydrogens is 310 g/mol. The summed E-state index contributed by atoms with van der Waals surface area (Å²) in [6.07, 6.45) is 3.93. The Hall–Kier alpha value is -1.79. The van der Waals surface area contributed by atoms with Crippen molar-refractivity contribution in [2.24, 2.45) is 5.92 Å². The maximum atomic E-state index is 12.0. The Balaban J connectivity index is 1.52. The van der Waals surface area contributed by atoms with Gasteiger partial charge in [0.2, 0.25) is 0 Å². The van der Waals surface area contributed by atoms with Crippen molar-refractivity contribution in [2.45, 2.75) is 25.4 Å². The van der Waals surface area contributed by atoms with Crippen molar-refractivity contribution < 1.29 is 9.21 Å². The van der Waals surface area contributed by atoms with Crippen LogP contribution in [0.1, 0.15) is 29.5 Å². The number of nitrogens with one attached hydrogen (secondary N) is 2. The van der Waals surface area contributed by atoms with Gasteiger partial charge < -0.3 is 15.1 Å². The number of rotatable bonds is 5. The lowest BCUT2D eigenvalue weighted by Crippen LogP contribution is -2.44. The second-order valence-electron chi connectivity index (χ2n) is 5.99. The van der Waals surface area contributed by atoms with Gasteiger partial charge in [-0.1, -0.05) is 6.07 Å². The van der Waals surface area contributed by atoms with Crippen LogP contribution in [0.5, 0.6) is 0 Å². The second kappa shape index (κ2) is 7.66. The molecule has 2 unspecified atom stereocenters. The molecule has 0 bridgehead atoms. The number of nitrogens with zero attached hydrogens (tertiary/aromatic N) is 1. The second-order valence-corrected chi connectivity index (χ2v) is 6.97. The lowest BCUT2D eigenvalue weighted by atomic mass is 9.88. The first-order valence-electron chi connectivity index (χ1n) is 8.02. The molecule has 3 heterocycles. The minimum atomic E-state index is -0.139. The highest BCUT2D eigenvalue weighted by Gasteiger charge is 2.31. The van der Waals surface area contributed by atoms with E-state index in [1.165, 1.54) is 11.3 Å². The molecule has 2 amide bonds. The van der Waals surface area contributed by atoms with Gasteiger partial charge in [-0.25, -0.2) is 4.79 Å². The lowest BCUT2D eigenvalue weighted by Gasteiger charge is -2.38. The number of piperidine rings is 1. The summed E-state index contributed by atoms with van der Waals surface area (Å²) in [5.41, 5.74) is 0. The summed E-state index contributed by atoms with van der Waals surface area (Å²) < 4.78 is 5.21. The fraction of sp³-hybridized carbons (Fsp3) is 0.471. The number of hydrogen-bond donors (Lipinski definition) is 2. The summed E-state index contributed by atoms with van der Waals surface area (Å²) in [5, 5.41) is 7.97. The van der Waals surface area contributed by atoms with E-state index in [9.17, 15) is 4.79 Å². The van der Waals surface area contributed by atoms with Crippen LogP contribution in [0.4, 0.5) is 4.79 Å². The van der Waals surface area contributed by atoms with Gasteiger partial charge in [-0.3, -0.25) is 4.90 Å². The van der Waals surface area contributed by atoms with Crippen molar-refractivity contribution in [1.29, 1.82) is 0 Å². The normalized spacial score (nSPS) is 22.0. The van der Waals surface area contributed by atoms with E-state index in [1.54, 1.807) is 17.6 Å². The Morgan fingerprint density at radius 2 is 2.30 bits per heavy atom. The Bertz CT molecular complexity index is 597. The Labute approximate surface area is 140 Å². The molecule has 5 nitrogen and oxygen atoms in total. The molecule has 124 valence electrons. The quantitative estimate of drug-likeness (QED) is 0.883. The molecule has 1 aliphatic heterocycles. The van der Waals surface area contributed by atoms with E-state index in [0.29, 0.717) is 25.0 Å². The van der Waals surface area contributed by atoms with Gasteiger partial charge >= 0.3 is 6.03 Å². The first-order chi connectivity index (χ1) is 11.2. The third kappa shape index (κ3) is 4.14. The first-order valence-corrected chi connectivity index (χ1v) is 8.89. The van der Waals surface area contributed by atoms with E-state index in [2.05, 4.69) is 40.1 Å². The van der Waals surface area contributed by atoms with Crippen molar-refractivity contribution in [3.63, 3.8) is 0 Å². The predicted octanol–water partition coefficient (Wildman–Crippen LogP) is 3.22. The molecule has 0 radical (unpaired) electrons. The molecule has 1 fully saturated rings. The fourth-order valence-corrected chi connectivity index (χ4v) is 4.23. The van der Waals surface area contributed by atoms with Gasteiger partial charge in [0.15, 0.2) is 0 Å². The average Bonchev–Trinajstić information content (AvgIpc) is 3.24. The highest BCUT2D eigenvalue weighted by Crippen LogP contribution is 2.36. The highest BCUT2D eigenvalue weighted by atomic mass is 32.1. The molecule has 1 aliphatic rings. The minimum absolute atomic E-state index is 0.139. The van der Waals surface area contributed by atoms with E-state index >= 15 is 0 Å². The number of furan rings is 1. The zero-order valence-electron chi connectivity index (χ0n) is 13.3. The van der Waals surface area contributed by atoms with Crippen LogP contribution in [0, 0.1) is 5.92 Å². The Morgan fingerprint density at radius 3 is 3.04 bits per heavy atom. The topological polar surface area (TPSA) is 57.5 Å². The molecule has 0 saturated carbocycles. The molecule has 2 aromatic rings. The van der Waals surface area contributed by atoms with E-state index in [4.69, 9.17) is 4.42 Å². The molecule has 2 aromatic heterocycles. The highest BCUT2D eigenvalue weighted by molar-refractivity contribution is 7.10. The van der Waals surface area contributed by atoms with Gasteiger partial charge in [0.05, 0.1) is 12.8 Å². The maximum absolute atomic E-state index is 12.0. The van der Waals surface area contributed by atoms with Crippen LogP contribution in [0.2, 0.25) is 0 Å². The van der Waals surface area contributed by atoms with Gasteiger partial charge in [0.1, 0.15) is 5.76 Å². The molecule has 0 aliphatic carbocycles. The van der Waals surface area contributed by atoms with Crippen LogP contribution >= 0.6 is 11.3 Å². The van der Waals surface area contributed by atoms with Gasteiger partial charge in [0, 0.05) is 17.5 Å². The van der Waals surface area contributed by atoms with Crippen LogP contribution in [-0.2, 0) is 6.54 Å². The monoisotopic (exact) mass is 333 g/mol. The number of carbonyl (C=O) groups is 1. The molecule has 2 atom stereocenters. The number of urea groups is 1. The zero-order chi connectivity index (χ0) is 16.1. The summed E-state index contributed by atoms with van der Waals surface area (Å²) in [6.45, 7) is 2.22. The van der Waals surface area contributed by atoms with Crippen LogP contribution in [0.3, 0.4) is 0 Å². The minimum Gasteiger partial charge on any atom is -0.467 e. The summed E-state index contributed by atoms with van der Waals surface area (Å²) in [4.78, 5) is 15.8. The van der Waals surface area contributed by atoms with Gasteiger partial charge in [-0.15, -0.1) is 11.3 Å². The lowest BCUT2D eigenvalue weighted by molar-refractivity contribution is 0.123. The molecule has 1 saturated heterocycles. The number of thiophene rings is 1. The first kappa shape index (κ1) is 16.1. The van der Waals surface area contributed by atoms with Gasteiger partial charge in [0.25, 0.3) is 0 Å². The average molecular weight is 333 g/mol. The molecule has 3 rings (SSSR count). The third-order valence-corrected chi connectivity index (χ3v) is 5.31. The van der Waals surface area contributed by atoms with Crippen molar-refractivity contribution in [1.82, 2.24) is 15.5 Å². The van der Waals surface area contributed by atoms with E-state index in [0.717, 1.165) is 18.7 Å². The fourth-order valence-electron chi connectivity index (χ4n) is 3.25. The molecule has 0 spiro atoms. The van der Waals surface area contributed by atoms with Crippen molar-refractivity contribution >= 4 is 17.4 Å². The number of carbonyl (C=O) groups excluding carboxylic acids is 1. The van der Waals surface area contributed by atoms with Gasteiger partial charge in [-0.2, -0.15) is 0 Å². The van der Waals surface area contributed by atoms with Gasteiger partial charge in [-0.05, 0) is 55.9 Å². The van der Waals surface area contributed by atoms with Crippen LogP contribution in [-0.4, -0.2) is 31.1 Å². The number of hydrogen-bond acceptors (Lipinski definition) is 4. The predicted molar refractivity (Wildman–Crippen MR) is 91.4 cm³/mol.